The molecule has 2 fully saturated rings. The molecule has 1 saturated heterocycles. The predicted octanol–water partition coefficient (Wildman–Crippen LogP) is 1.61. The van der Waals surface area contributed by atoms with E-state index in [-0.39, 0.29) is 10.8 Å². The number of rotatable bonds is 5. The zero-order valence-corrected chi connectivity index (χ0v) is 18.7. The normalized spacial score (nSPS) is 19.0. The van der Waals surface area contributed by atoms with Gasteiger partial charge in [0.1, 0.15) is 10.6 Å². The van der Waals surface area contributed by atoms with E-state index in [2.05, 4.69) is 5.10 Å². The number of carbonyl (C=O) groups is 1. The van der Waals surface area contributed by atoms with Gasteiger partial charge in [0, 0.05) is 33.2 Å². The van der Waals surface area contributed by atoms with E-state index in [4.69, 9.17) is 4.74 Å². The minimum atomic E-state index is -3.63. The Kier molecular flexibility index (Phi) is 5.14. The fourth-order valence-corrected chi connectivity index (χ4v) is 6.17. The monoisotopic (exact) mass is 432 g/mol. The highest BCUT2D eigenvalue weighted by Crippen LogP contribution is 2.50. The summed E-state index contributed by atoms with van der Waals surface area (Å²) < 4.78 is 34.6. The molecule has 1 saturated carbocycles. The molecule has 0 bridgehead atoms. The van der Waals surface area contributed by atoms with E-state index in [9.17, 15) is 13.2 Å². The molecule has 0 N–H and O–H groups in total. The third-order valence-electron chi connectivity index (χ3n) is 6.37. The number of ether oxygens (including phenoxy) is 1. The lowest BCUT2D eigenvalue weighted by molar-refractivity contribution is -0.135. The molecular weight excluding hydrogens is 404 g/mol. The summed E-state index contributed by atoms with van der Waals surface area (Å²) in [5, 5.41) is 4.24. The summed E-state index contributed by atoms with van der Waals surface area (Å²) in [4.78, 5) is 15.4. The number of piperazine rings is 1. The van der Waals surface area contributed by atoms with E-state index in [0.717, 1.165) is 24.2 Å². The predicted molar refractivity (Wildman–Crippen MR) is 112 cm³/mol. The molecule has 2 aliphatic rings. The molecule has 0 atom stereocenters. The number of aromatic nitrogens is 2. The van der Waals surface area contributed by atoms with Crippen molar-refractivity contribution in [3.63, 3.8) is 0 Å². The van der Waals surface area contributed by atoms with Gasteiger partial charge in [-0.25, -0.2) is 8.42 Å². The minimum absolute atomic E-state index is 0.0958. The molecule has 2 aromatic rings. The van der Waals surface area contributed by atoms with Gasteiger partial charge in [-0.1, -0.05) is 12.1 Å². The highest BCUT2D eigenvalue weighted by molar-refractivity contribution is 7.89. The number of hydrogen-bond acceptors (Lipinski definition) is 5. The van der Waals surface area contributed by atoms with Crippen LogP contribution in [-0.2, 0) is 27.3 Å². The summed E-state index contributed by atoms with van der Waals surface area (Å²) in [6.07, 6.45) is 1.65. The fraction of sp³-hybridized carbons (Fsp3) is 0.524. The quantitative estimate of drug-likeness (QED) is 0.717. The molecule has 9 heteroatoms. The van der Waals surface area contributed by atoms with Crippen molar-refractivity contribution in [2.45, 2.75) is 37.0 Å². The number of amides is 1. The lowest BCUT2D eigenvalue weighted by atomic mass is 9.94. The van der Waals surface area contributed by atoms with Gasteiger partial charge in [0.25, 0.3) is 0 Å². The number of benzene rings is 1. The summed E-state index contributed by atoms with van der Waals surface area (Å²) >= 11 is 0. The molecule has 1 aliphatic carbocycles. The van der Waals surface area contributed by atoms with Gasteiger partial charge in [0.05, 0.1) is 23.9 Å². The van der Waals surface area contributed by atoms with Gasteiger partial charge < -0.3 is 9.64 Å². The van der Waals surface area contributed by atoms with Crippen LogP contribution in [0.1, 0.15) is 29.8 Å². The SMILES string of the molecule is COc1ccc(C2(C(=O)N3CCN(S(=O)(=O)c4c(C)nn(C)c4C)CC3)CC2)cc1. The topological polar surface area (TPSA) is 84.7 Å². The molecule has 2 heterocycles. The lowest BCUT2D eigenvalue weighted by Crippen LogP contribution is -2.53. The van der Waals surface area contributed by atoms with E-state index >= 15 is 0 Å². The first-order valence-electron chi connectivity index (χ1n) is 10.1. The van der Waals surface area contributed by atoms with Crippen LogP contribution in [0.15, 0.2) is 29.2 Å². The Morgan fingerprint density at radius 3 is 2.13 bits per heavy atom. The maximum absolute atomic E-state index is 13.3. The highest BCUT2D eigenvalue weighted by atomic mass is 32.2. The minimum Gasteiger partial charge on any atom is -0.497 e. The van der Waals surface area contributed by atoms with Crippen molar-refractivity contribution in [1.29, 1.82) is 0 Å². The Morgan fingerprint density at radius 1 is 1.07 bits per heavy atom. The van der Waals surface area contributed by atoms with Crippen LogP contribution in [0, 0.1) is 13.8 Å². The van der Waals surface area contributed by atoms with E-state index in [1.807, 2.05) is 29.2 Å². The van der Waals surface area contributed by atoms with Gasteiger partial charge in [0.2, 0.25) is 15.9 Å². The number of nitrogens with zero attached hydrogens (tertiary/aromatic N) is 4. The summed E-state index contributed by atoms with van der Waals surface area (Å²) in [5.41, 5.74) is 1.67. The molecule has 0 unspecified atom stereocenters. The third kappa shape index (κ3) is 3.30. The lowest BCUT2D eigenvalue weighted by Gasteiger charge is -2.36. The molecule has 0 radical (unpaired) electrons. The Bertz CT molecular complexity index is 1060. The van der Waals surface area contributed by atoms with Gasteiger partial charge in [-0.05, 0) is 44.4 Å². The first kappa shape index (κ1) is 20.9. The zero-order chi connectivity index (χ0) is 21.7. The van der Waals surface area contributed by atoms with E-state index in [1.165, 1.54) is 4.31 Å². The summed E-state index contributed by atoms with van der Waals surface area (Å²) in [6.45, 7) is 4.85. The van der Waals surface area contributed by atoms with Crippen LogP contribution in [0.4, 0.5) is 0 Å². The van der Waals surface area contributed by atoms with Crippen LogP contribution in [-0.4, -0.2) is 66.6 Å². The van der Waals surface area contributed by atoms with Gasteiger partial charge in [0.15, 0.2) is 0 Å². The maximum Gasteiger partial charge on any atom is 0.246 e. The van der Waals surface area contributed by atoms with Crippen molar-refractivity contribution in [1.82, 2.24) is 19.0 Å². The average Bonchev–Trinajstić information content (AvgIpc) is 3.50. The smallest absolute Gasteiger partial charge is 0.246 e. The van der Waals surface area contributed by atoms with Gasteiger partial charge in [-0.3, -0.25) is 9.48 Å². The molecule has 1 aromatic heterocycles. The second kappa shape index (κ2) is 7.39. The van der Waals surface area contributed by atoms with Crippen molar-refractivity contribution in [3.05, 3.63) is 41.2 Å². The standard InChI is InChI=1S/C21H28N4O4S/c1-15-19(16(2)23(3)22-15)30(27,28)25-13-11-24(12-14-25)20(26)21(9-10-21)17-5-7-18(29-4)8-6-17/h5-8H,9-14H2,1-4H3. The van der Waals surface area contributed by atoms with Gasteiger partial charge in [-0.15, -0.1) is 0 Å². The fourth-order valence-electron chi connectivity index (χ4n) is 4.35. The van der Waals surface area contributed by atoms with Crippen molar-refractivity contribution >= 4 is 15.9 Å². The number of methoxy groups -OCH3 is 1. The van der Waals surface area contributed by atoms with Gasteiger partial charge >= 0.3 is 0 Å². The second-order valence-electron chi connectivity index (χ2n) is 8.13. The van der Waals surface area contributed by atoms with Gasteiger partial charge in [-0.2, -0.15) is 9.40 Å². The summed E-state index contributed by atoms with van der Waals surface area (Å²) in [5.74, 6) is 0.861. The molecule has 162 valence electrons. The number of sulfonamides is 1. The van der Waals surface area contributed by atoms with E-state index in [0.29, 0.717) is 37.6 Å². The Morgan fingerprint density at radius 2 is 1.67 bits per heavy atom. The molecule has 8 nitrogen and oxygen atoms in total. The first-order valence-corrected chi connectivity index (χ1v) is 11.6. The van der Waals surface area contributed by atoms with Crippen molar-refractivity contribution in [2.75, 3.05) is 33.3 Å². The Balaban J connectivity index is 1.47. The molecule has 1 amide bonds. The molecule has 1 aliphatic heterocycles. The first-order chi connectivity index (χ1) is 14.2. The zero-order valence-electron chi connectivity index (χ0n) is 17.9. The number of carbonyl (C=O) groups excluding carboxylic acids is 1. The van der Waals surface area contributed by atoms with Crippen molar-refractivity contribution in [3.8, 4) is 5.75 Å². The van der Waals surface area contributed by atoms with Crippen LogP contribution < -0.4 is 4.74 Å². The van der Waals surface area contributed by atoms with Crippen molar-refractivity contribution in [2.24, 2.45) is 7.05 Å². The van der Waals surface area contributed by atoms with E-state index < -0.39 is 15.4 Å². The maximum atomic E-state index is 13.3. The van der Waals surface area contributed by atoms with Crippen LogP contribution in [0.5, 0.6) is 5.75 Å². The third-order valence-corrected chi connectivity index (χ3v) is 8.52. The molecule has 0 spiro atoms. The van der Waals surface area contributed by atoms with Crippen LogP contribution in [0.2, 0.25) is 0 Å². The highest BCUT2D eigenvalue weighted by Gasteiger charge is 2.53. The largest absolute Gasteiger partial charge is 0.497 e. The van der Waals surface area contributed by atoms with E-state index in [1.54, 1.807) is 32.7 Å². The molecule has 4 rings (SSSR count). The molecular formula is C21H28N4O4S. The van der Waals surface area contributed by atoms with Crippen LogP contribution in [0.3, 0.4) is 0 Å². The van der Waals surface area contributed by atoms with Crippen LogP contribution >= 0.6 is 0 Å². The second-order valence-corrected chi connectivity index (χ2v) is 10.0. The summed E-state index contributed by atoms with van der Waals surface area (Å²) in [7, 11) is -0.271. The summed E-state index contributed by atoms with van der Waals surface area (Å²) in [6, 6.07) is 7.67. The van der Waals surface area contributed by atoms with Crippen LogP contribution in [0.25, 0.3) is 0 Å². The number of hydrogen-bond donors (Lipinski definition) is 0. The Labute approximate surface area is 177 Å². The average molecular weight is 433 g/mol. The molecule has 1 aromatic carbocycles. The number of aryl methyl sites for hydroxylation is 2. The van der Waals surface area contributed by atoms with Crippen molar-refractivity contribution < 1.29 is 17.9 Å². The Hall–Kier alpha value is -2.39. The molecule has 30 heavy (non-hydrogen) atoms.